The van der Waals surface area contributed by atoms with Gasteiger partial charge < -0.3 is 10.3 Å². The van der Waals surface area contributed by atoms with Gasteiger partial charge in [-0.3, -0.25) is 0 Å². The first kappa shape index (κ1) is 9.03. The number of nitrogens with zero attached hydrogens (tertiary/aromatic N) is 2. The van der Waals surface area contributed by atoms with Crippen LogP contribution in [0.25, 0.3) is 0 Å². The van der Waals surface area contributed by atoms with Crippen molar-refractivity contribution in [2.24, 2.45) is 12.8 Å². The minimum absolute atomic E-state index is 0.113. The Bertz CT molecular complexity index is 290. The van der Waals surface area contributed by atoms with Gasteiger partial charge in [-0.2, -0.15) is 0 Å². The molecule has 1 aromatic heterocycles. The molecule has 1 saturated carbocycles. The van der Waals surface area contributed by atoms with Crippen molar-refractivity contribution in [3.63, 3.8) is 0 Å². The third-order valence-corrected chi connectivity index (χ3v) is 3.37. The predicted octanol–water partition coefficient (Wildman–Crippen LogP) is 1.45. The lowest BCUT2D eigenvalue weighted by molar-refractivity contribution is 0.240. The van der Waals surface area contributed by atoms with Gasteiger partial charge >= 0.3 is 0 Å². The normalized spacial score (nSPS) is 19.9. The van der Waals surface area contributed by atoms with Crippen LogP contribution in [0.3, 0.4) is 0 Å². The highest BCUT2D eigenvalue weighted by Gasteiger charge is 2.41. The number of hydrogen-bond acceptors (Lipinski definition) is 2. The maximum atomic E-state index is 6.03. The van der Waals surface area contributed by atoms with Gasteiger partial charge in [0.25, 0.3) is 0 Å². The van der Waals surface area contributed by atoms with Crippen LogP contribution in [-0.4, -0.2) is 16.1 Å². The Morgan fingerprint density at radius 3 is 2.69 bits per heavy atom. The average Bonchev–Trinajstić information content (AvgIpc) is 2.35. The highest BCUT2D eigenvalue weighted by Crippen LogP contribution is 2.44. The highest BCUT2D eigenvalue weighted by molar-refractivity contribution is 6.30. The van der Waals surface area contributed by atoms with E-state index in [0.29, 0.717) is 11.7 Å². The molecule has 2 rings (SSSR count). The summed E-state index contributed by atoms with van der Waals surface area (Å²) in [5.41, 5.74) is 7.03. The summed E-state index contributed by atoms with van der Waals surface area (Å²) in [5.74, 6) is 0. The first-order valence-electron chi connectivity index (χ1n) is 4.57. The lowest BCUT2D eigenvalue weighted by Gasteiger charge is -2.41. The average molecular weight is 200 g/mol. The number of halogens is 1. The number of aryl methyl sites for hydroxylation is 1. The maximum Gasteiger partial charge on any atom is 0.150 e. The summed E-state index contributed by atoms with van der Waals surface area (Å²) in [4.78, 5) is 4.08. The van der Waals surface area contributed by atoms with Crippen LogP contribution in [0.4, 0.5) is 0 Å². The second kappa shape index (κ2) is 3.00. The van der Waals surface area contributed by atoms with Crippen molar-refractivity contribution >= 4 is 11.6 Å². The molecule has 4 heteroatoms. The monoisotopic (exact) mass is 199 g/mol. The molecule has 0 amide bonds. The van der Waals surface area contributed by atoms with Gasteiger partial charge in [0.2, 0.25) is 0 Å². The van der Waals surface area contributed by atoms with Crippen molar-refractivity contribution in [1.29, 1.82) is 0 Å². The number of nitrogens with two attached hydrogens (primary N) is 1. The van der Waals surface area contributed by atoms with E-state index in [9.17, 15) is 0 Å². The van der Waals surface area contributed by atoms with E-state index in [4.69, 9.17) is 17.3 Å². The standard InChI is InChI=1S/C9H14ClN3/c1-13-6-12-8(10)7(13)9(5-11)3-2-4-9/h6H,2-5,11H2,1H3. The number of hydrogen-bond donors (Lipinski definition) is 1. The lowest BCUT2D eigenvalue weighted by atomic mass is 9.67. The molecule has 3 nitrogen and oxygen atoms in total. The van der Waals surface area contributed by atoms with E-state index < -0.39 is 0 Å². The van der Waals surface area contributed by atoms with E-state index in [1.165, 1.54) is 6.42 Å². The molecule has 1 aromatic rings. The van der Waals surface area contributed by atoms with Crippen LogP contribution in [0.5, 0.6) is 0 Å². The zero-order valence-corrected chi connectivity index (χ0v) is 8.51. The van der Waals surface area contributed by atoms with E-state index >= 15 is 0 Å². The van der Waals surface area contributed by atoms with Crippen LogP contribution >= 0.6 is 11.6 Å². The van der Waals surface area contributed by atoms with Crippen molar-refractivity contribution in [1.82, 2.24) is 9.55 Å². The van der Waals surface area contributed by atoms with Crippen molar-refractivity contribution < 1.29 is 0 Å². The molecule has 0 spiro atoms. The molecular formula is C9H14ClN3. The zero-order valence-electron chi connectivity index (χ0n) is 7.76. The molecule has 72 valence electrons. The molecule has 0 saturated heterocycles. The maximum absolute atomic E-state index is 6.03. The first-order valence-corrected chi connectivity index (χ1v) is 4.95. The molecule has 2 N–H and O–H groups in total. The Balaban J connectivity index is 2.43. The Hall–Kier alpha value is -0.540. The van der Waals surface area contributed by atoms with E-state index in [1.807, 2.05) is 11.6 Å². The van der Waals surface area contributed by atoms with Crippen LogP contribution < -0.4 is 5.73 Å². The second-order valence-corrected chi connectivity index (χ2v) is 4.19. The Morgan fingerprint density at radius 1 is 1.69 bits per heavy atom. The molecule has 1 aliphatic carbocycles. The van der Waals surface area contributed by atoms with Gasteiger partial charge in [-0.25, -0.2) is 4.98 Å². The van der Waals surface area contributed by atoms with Gasteiger partial charge in [0, 0.05) is 19.0 Å². The molecule has 1 heterocycles. The summed E-state index contributed by atoms with van der Waals surface area (Å²) in [6, 6.07) is 0. The Labute approximate surface area is 82.9 Å². The van der Waals surface area contributed by atoms with Crippen molar-refractivity contribution in [3.05, 3.63) is 17.2 Å². The smallest absolute Gasteiger partial charge is 0.150 e. The fraction of sp³-hybridized carbons (Fsp3) is 0.667. The van der Waals surface area contributed by atoms with Crippen LogP contribution in [0.15, 0.2) is 6.33 Å². The predicted molar refractivity (Wildman–Crippen MR) is 52.8 cm³/mol. The summed E-state index contributed by atoms with van der Waals surface area (Å²) in [7, 11) is 1.98. The van der Waals surface area contributed by atoms with Crippen molar-refractivity contribution in [3.8, 4) is 0 Å². The molecule has 0 radical (unpaired) electrons. The molecule has 0 atom stereocenters. The van der Waals surface area contributed by atoms with Gasteiger partial charge in [0.15, 0.2) is 5.15 Å². The molecule has 1 aliphatic rings. The topological polar surface area (TPSA) is 43.8 Å². The third-order valence-electron chi connectivity index (χ3n) is 3.10. The van der Waals surface area contributed by atoms with Crippen molar-refractivity contribution in [2.75, 3.05) is 6.54 Å². The zero-order chi connectivity index (χ0) is 9.47. The minimum atomic E-state index is 0.113. The summed E-state index contributed by atoms with van der Waals surface area (Å²) in [5, 5.41) is 0.618. The Morgan fingerprint density at radius 2 is 2.38 bits per heavy atom. The molecule has 0 aromatic carbocycles. The quantitative estimate of drug-likeness (QED) is 0.784. The summed E-state index contributed by atoms with van der Waals surface area (Å²) >= 11 is 6.03. The van der Waals surface area contributed by atoms with Gasteiger partial charge in [-0.1, -0.05) is 18.0 Å². The molecular weight excluding hydrogens is 186 g/mol. The van der Waals surface area contributed by atoms with Gasteiger partial charge in [-0.15, -0.1) is 0 Å². The van der Waals surface area contributed by atoms with Crippen LogP contribution in [-0.2, 0) is 12.5 Å². The highest BCUT2D eigenvalue weighted by atomic mass is 35.5. The van der Waals surface area contributed by atoms with E-state index in [0.717, 1.165) is 18.5 Å². The molecule has 0 bridgehead atoms. The number of rotatable bonds is 2. The van der Waals surface area contributed by atoms with Crippen molar-refractivity contribution in [2.45, 2.75) is 24.7 Å². The largest absolute Gasteiger partial charge is 0.336 e. The lowest BCUT2D eigenvalue weighted by Crippen LogP contribution is -2.43. The molecule has 13 heavy (non-hydrogen) atoms. The van der Waals surface area contributed by atoms with E-state index in [-0.39, 0.29) is 5.41 Å². The van der Waals surface area contributed by atoms with Crippen LogP contribution in [0.2, 0.25) is 5.15 Å². The molecule has 0 aliphatic heterocycles. The molecule has 0 unspecified atom stereocenters. The number of imidazole rings is 1. The molecule has 1 fully saturated rings. The summed E-state index contributed by atoms with van der Waals surface area (Å²) in [6.45, 7) is 0.673. The SMILES string of the molecule is Cn1cnc(Cl)c1C1(CN)CCC1. The Kier molecular flexibility index (Phi) is 2.08. The van der Waals surface area contributed by atoms with Crippen LogP contribution in [0.1, 0.15) is 25.0 Å². The minimum Gasteiger partial charge on any atom is -0.336 e. The van der Waals surface area contributed by atoms with Gasteiger partial charge in [0.1, 0.15) is 0 Å². The second-order valence-electron chi connectivity index (χ2n) is 3.83. The summed E-state index contributed by atoms with van der Waals surface area (Å²) in [6.07, 6.45) is 5.29. The fourth-order valence-corrected chi connectivity index (χ4v) is 2.51. The fourth-order valence-electron chi connectivity index (χ4n) is 2.14. The van der Waals surface area contributed by atoms with E-state index in [2.05, 4.69) is 4.98 Å². The van der Waals surface area contributed by atoms with E-state index in [1.54, 1.807) is 6.33 Å². The van der Waals surface area contributed by atoms with Crippen LogP contribution in [0, 0.1) is 0 Å². The van der Waals surface area contributed by atoms with Gasteiger partial charge in [-0.05, 0) is 12.8 Å². The first-order chi connectivity index (χ1) is 6.19. The summed E-state index contributed by atoms with van der Waals surface area (Å²) < 4.78 is 1.99. The third kappa shape index (κ3) is 1.18. The number of aromatic nitrogens is 2. The van der Waals surface area contributed by atoms with Gasteiger partial charge in [0.05, 0.1) is 12.0 Å².